The van der Waals surface area contributed by atoms with Crippen LogP contribution in [0.2, 0.25) is 0 Å². The van der Waals surface area contributed by atoms with E-state index in [4.69, 9.17) is 5.73 Å². The van der Waals surface area contributed by atoms with E-state index in [9.17, 15) is 9.59 Å². The number of primary amides is 1. The van der Waals surface area contributed by atoms with Gasteiger partial charge in [0.2, 0.25) is 0 Å². The average molecular weight is 181 g/mol. The highest BCUT2D eigenvalue weighted by atomic mass is 16.2. The van der Waals surface area contributed by atoms with Gasteiger partial charge in [0, 0.05) is 19.3 Å². The Labute approximate surface area is 75.9 Å². The lowest BCUT2D eigenvalue weighted by Gasteiger charge is -2.26. The summed E-state index contributed by atoms with van der Waals surface area (Å²) in [7, 11) is 0. The molecule has 0 aromatic heterocycles. The second-order valence-electron chi connectivity index (χ2n) is 2.54. The Morgan fingerprint density at radius 3 is 2.92 bits per heavy atom. The van der Waals surface area contributed by atoms with Gasteiger partial charge in [0.25, 0.3) is 11.8 Å². The molecule has 1 rings (SSSR count). The third kappa shape index (κ3) is 1.87. The molecule has 1 aliphatic rings. The van der Waals surface area contributed by atoms with Crippen LogP contribution < -0.4 is 11.1 Å². The van der Waals surface area contributed by atoms with Crippen molar-refractivity contribution < 1.29 is 9.59 Å². The highest BCUT2D eigenvalue weighted by Crippen LogP contribution is 2.06. The molecule has 0 aromatic rings. The molecule has 5 nitrogen and oxygen atoms in total. The summed E-state index contributed by atoms with van der Waals surface area (Å²) in [6.07, 6.45) is 2.59. The highest BCUT2D eigenvalue weighted by Gasteiger charge is 2.21. The van der Waals surface area contributed by atoms with Crippen molar-refractivity contribution in [1.82, 2.24) is 10.2 Å². The van der Waals surface area contributed by atoms with Crippen LogP contribution in [0.25, 0.3) is 0 Å². The highest BCUT2D eigenvalue weighted by molar-refractivity contribution is 5.99. The minimum atomic E-state index is -0.623. The van der Waals surface area contributed by atoms with Crippen molar-refractivity contribution in [2.75, 3.05) is 13.1 Å². The molecule has 0 atom stereocenters. The van der Waals surface area contributed by atoms with Crippen LogP contribution in [0.4, 0.5) is 0 Å². The van der Waals surface area contributed by atoms with Crippen LogP contribution in [0.1, 0.15) is 0 Å². The van der Waals surface area contributed by atoms with Crippen LogP contribution in [0.5, 0.6) is 0 Å². The third-order valence-electron chi connectivity index (χ3n) is 1.70. The van der Waals surface area contributed by atoms with Gasteiger partial charge in [0.15, 0.2) is 0 Å². The summed E-state index contributed by atoms with van der Waals surface area (Å²) >= 11 is 0. The number of hydrogen-bond acceptors (Lipinski definition) is 3. The summed E-state index contributed by atoms with van der Waals surface area (Å²) < 4.78 is 0. The molecule has 70 valence electrons. The van der Waals surface area contributed by atoms with E-state index >= 15 is 0 Å². The van der Waals surface area contributed by atoms with E-state index in [1.165, 1.54) is 11.1 Å². The van der Waals surface area contributed by atoms with Crippen LogP contribution in [-0.2, 0) is 9.59 Å². The summed E-state index contributed by atoms with van der Waals surface area (Å²) in [5, 5.41) is 2.83. The van der Waals surface area contributed by atoms with Crippen LogP contribution >= 0.6 is 0 Å². The maximum absolute atomic E-state index is 11.2. The number of nitrogens with one attached hydrogen (secondary N) is 1. The molecule has 0 fully saturated rings. The van der Waals surface area contributed by atoms with Crippen molar-refractivity contribution >= 4 is 11.8 Å². The Bertz CT molecular complexity index is 283. The Balaban J connectivity index is 2.88. The first-order valence-corrected chi connectivity index (χ1v) is 3.84. The molecule has 5 heteroatoms. The van der Waals surface area contributed by atoms with Gasteiger partial charge in [-0.25, -0.2) is 0 Å². The molecule has 13 heavy (non-hydrogen) atoms. The fourth-order valence-corrected chi connectivity index (χ4v) is 1.09. The normalized spacial score (nSPS) is 15.7. The molecule has 2 amide bonds. The maximum Gasteiger partial charge on any atom is 0.266 e. The van der Waals surface area contributed by atoms with E-state index in [2.05, 4.69) is 11.9 Å². The lowest BCUT2D eigenvalue weighted by molar-refractivity contribution is -0.128. The number of nitrogens with zero attached hydrogens (tertiary/aromatic N) is 1. The first-order valence-electron chi connectivity index (χ1n) is 3.84. The second kappa shape index (κ2) is 3.75. The number of amides is 2. The number of carbonyl (C=O) groups is 2. The lowest BCUT2D eigenvalue weighted by Crippen LogP contribution is -2.43. The molecule has 0 spiro atoms. The zero-order valence-corrected chi connectivity index (χ0v) is 7.12. The Hall–Kier alpha value is -1.78. The fourth-order valence-electron chi connectivity index (χ4n) is 1.09. The van der Waals surface area contributed by atoms with Gasteiger partial charge in [-0.05, 0) is 6.08 Å². The number of rotatable bonds is 2. The van der Waals surface area contributed by atoms with Crippen LogP contribution in [0.3, 0.4) is 0 Å². The number of carbonyl (C=O) groups excluding carboxylic acids is 2. The predicted molar refractivity (Wildman–Crippen MR) is 47.2 cm³/mol. The summed E-state index contributed by atoms with van der Waals surface area (Å²) in [4.78, 5) is 23.4. The van der Waals surface area contributed by atoms with Gasteiger partial charge in [-0.15, -0.1) is 0 Å². The molecule has 0 unspecified atom stereocenters. The monoisotopic (exact) mass is 181 g/mol. The first-order chi connectivity index (χ1) is 6.16. The molecule has 0 aromatic carbocycles. The van der Waals surface area contributed by atoms with E-state index in [0.29, 0.717) is 13.1 Å². The van der Waals surface area contributed by atoms with Gasteiger partial charge < -0.3 is 16.0 Å². The molecule has 3 N–H and O–H groups in total. The van der Waals surface area contributed by atoms with Crippen molar-refractivity contribution in [2.45, 2.75) is 0 Å². The minimum absolute atomic E-state index is 0.177. The number of nitrogens with two attached hydrogens (primary N) is 1. The Morgan fingerprint density at radius 1 is 1.69 bits per heavy atom. The Morgan fingerprint density at radius 2 is 2.38 bits per heavy atom. The largest absolute Gasteiger partial charge is 0.387 e. The van der Waals surface area contributed by atoms with E-state index in [1.54, 1.807) is 0 Å². The van der Waals surface area contributed by atoms with E-state index < -0.39 is 5.91 Å². The molecular formula is C8H11N3O2. The van der Waals surface area contributed by atoms with Crippen molar-refractivity contribution in [3.8, 4) is 0 Å². The summed E-state index contributed by atoms with van der Waals surface area (Å²) in [6, 6.07) is 0. The van der Waals surface area contributed by atoms with Crippen LogP contribution in [0.15, 0.2) is 24.6 Å². The molecule has 0 aliphatic carbocycles. The van der Waals surface area contributed by atoms with Gasteiger partial charge in [-0.3, -0.25) is 9.59 Å². The van der Waals surface area contributed by atoms with E-state index in [-0.39, 0.29) is 11.6 Å². The summed E-state index contributed by atoms with van der Waals surface area (Å²) in [6.45, 7) is 4.38. The zero-order chi connectivity index (χ0) is 9.84. The molecule has 0 radical (unpaired) electrons. The van der Waals surface area contributed by atoms with Crippen molar-refractivity contribution in [1.29, 1.82) is 0 Å². The van der Waals surface area contributed by atoms with Crippen molar-refractivity contribution in [3.63, 3.8) is 0 Å². The van der Waals surface area contributed by atoms with Gasteiger partial charge in [0.05, 0.1) is 0 Å². The van der Waals surface area contributed by atoms with Gasteiger partial charge >= 0.3 is 0 Å². The molecule has 1 aliphatic heterocycles. The van der Waals surface area contributed by atoms with Crippen LogP contribution in [-0.4, -0.2) is 29.8 Å². The fraction of sp³-hybridized carbons (Fsp3) is 0.250. The maximum atomic E-state index is 11.2. The molecular weight excluding hydrogens is 170 g/mol. The van der Waals surface area contributed by atoms with Crippen LogP contribution in [0, 0.1) is 0 Å². The topological polar surface area (TPSA) is 75.4 Å². The number of hydrogen-bond donors (Lipinski definition) is 2. The Kier molecular flexibility index (Phi) is 2.69. The molecule has 0 saturated heterocycles. The predicted octanol–water partition coefficient (Wildman–Crippen LogP) is -1.07. The van der Waals surface area contributed by atoms with Crippen molar-refractivity contribution in [3.05, 3.63) is 24.6 Å². The molecule has 0 bridgehead atoms. The smallest absolute Gasteiger partial charge is 0.266 e. The van der Waals surface area contributed by atoms with Crippen molar-refractivity contribution in [2.24, 2.45) is 5.73 Å². The zero-order valence-electron chi connectivity index (χ0n) is 7.12. The first kappa shape index (κ1) is 9.31. The molecule has 1 heterocycles. The summed E-state index contributed by atoms with van der Waals surface area (Å²) in [5.41, 5.74) is 5.25. The van der Waals surface area contributed by atoms with Gasteiger partial charge in [-0.2, -0.15) is 0 Å². The lowest BCUT2D eigenvalue weighted by atomic mass is 10.3. The standard InChI is InChI=1S/C8H11N3O2/c1-2-7(12)11-4-3-10-5-6(11)8(9)13/h2,5,10H,1,3-4H2,(H2,9,13). The van der Waals surface area contributed by atoms with Gasteiger partial charge in [-0.1, -0.05) is 6.58 Å². The van der Waals surface area contributed by atoms with E-state index in [0.717, 1.165) is 6.08 Å². The van der Waals surface area contributed by atoms with Gasteiger partial charge in [0.1, 0.15) is 5.70 Å². The summed E-state index contributed by atoms with van der Waals surface area (Å²) in [5.74, 6) is -0.936. The SMILES string of the molecule is C=CC(=O)N1CCNC=C1C(N)=O. The third-order valence-corrected chi connectivity index (χ3v) is 1.70. The molecule has 0 saturated carbocycles. The quantitative estimate of drug-likeness (QED) is 0.533. The average Bonchev–Trinajstić information content (AvgIpc) is 2.16. The second-order valence-corrected chi connectivity index (χ2v) is 2.54. The minimum Gasteiger partial charge on any atom is -0.387 e. The van der Waals surface area contributed by atoms with E-state index in [1.807, 2.05) is 0 Å².